The molecule has 2 heterocycles. The van der Waals surface area contributed by atoms with Gasteiger partial charge in [-0.2, -0.15) is 10.5 Å². The summed E-state index contributed by atoms with van der Waals surface area (Å²) in [7, 11) is 0. The minimum atomic E-state index is -1.39. The Bertz CT molecular complexity index is 1100. The van der Waals surface area contributed by atoms with E-state index in [9.17, 15) is 15.3 Å². The lowest BCUT2D eigenvalue weighted by atomic mass is 9.68. The molecule has 30 heavy (non-hydrogen) atoms. The van der Waals surface area contributed by atoms with Gasteiger partial charge >= 0.3 is 0 Å². The largest absolute Gasteiger partial charge is 0.351 e. The summed E-state index contributed by atoms with van der Waals surface area (Å²) in [4.78, 5) is 15.8. The molecule has 0 radical (unpaired) electrons. The molecule has 1 saturated heterocycles. The Kier molecular flexibility index (Phi) is 4.83. The summed E-state index contributed by atoms with van der Waals surface area (Å²) < 4.78 is 0.908. The fourth-order valence-electron chi connectivity index (χ4n) is 4.72. The Labute approximate surface area is 185 Å². The summed E-state index contributed by atoms with van der Waals surface area (Å²) >= 11 is 3.46. The number of hydrogen-bond donors (Lipinski definition) is 0. The number of nitriles is 2. The van der Waals surface area contributed by atoms with E-state index in [2.05, 4.69) is 28.1 Å². The summed E-state index contributed by atoms with van der Waals surface area (Å²) in [5.41, 5.74) is 0.691. The second-order valence-electron chi connectivity index (χ2n) is 8.95. The van der Waals surface area contributed by atoms with Crippen LogP contribution in [0.15, 0.2) is 59.1 Å². The van der Waals surface area contributed by atoms with Gasteiger partial charge < -0.3 is 4.90 Å². The number of anilines is 1. The zero-order valence-corrected chi connectivity index (χ0v) is 18.7. The van der Waals surface area contributed by atoms with Crippen LogP contribution in [0.3, 0.4) is 0 Å². The van der Waals surface area contributed by atoms with E-state index in [-0.39, 0.29) is 5.78 Å². The zero-order chi connectivity index (χ0) is 21.7. The minimum Gasteiger partial charge on any atom is -0.351 e. The van der Waals surface area contributed by atoms with Crippen LogP contribution in [0.4, 0.5) is 5.69 Å². The monoisotopic (exact) mass is 459 g/mol. The maximum absolute atomic E-state index is 13.8. The van der Waals surface area contributed by atoms with Crippen molar-refractivity contribution < 1.29 is 4.79 Å². The van der Waals surface area contributed by atoms with Crippen molar-refractivity contribution in [3.05, 3.63) is 70.2 Å². The first kappa shape index (κ1) is 20.4. The third-order valence-corrected chi connectivity index (χ3v) is 6.68. The number of halogens is 1. The third-order valence-electron chi connectivity index (χ3n) is 6.15. The molecule has 0 unspecified atom stereocenters. The molecule has 3 atom stereocenters. The van der Waals surface area contributed by atoms with Crippen molar-refractivity contribution in [1.82, 2.24) is 0 Å². The van der Waals surface area contributed by atoms with Gasteiger partial charge in [-0.15, -0.1) is 0 Å². The maximum Gasteiger partial charge on any atom is 0.176 e. The highest BCUT2D eigenvalue weighted by Gasteiger charge is 2.64. The molecule has 4 nitrogen and oxygen atoms in total. The van der Waals surface area contributed by atoms with Crippen LogP contribution < -0.4 is 4.90 Å². The SMILES string of the molecule is CC(C)(C)C(=O)[C@@H]1[C@H](c2ccc(Br)cc2)C(C#N)(C#N)[C@H]2C=Cc3ccccc3N12. The van der Waals surface area contributed by atoms with Crippen molar-refractivity contribution in [3.8, 4) is 12.1 Å². The van der Waals surface area contributed by atoms with Crippen molar-refractivity contribution >= 4 is 33.5 Å². The number of benzene rings is 2. The summed E-state index contributed by atoms with van der Waals surface area (Å²) in [5.74, 6) is -0.550. The van der Waals surface area contributed by atoms with E-state index in [4.69, 9.17) is 0 Å². The minimum absolute atomic E-state index is 0.0258. The number of nitrogens with zero attached hydrogens (tertiary/aromatic N) is 3. The van der Waals surface area contributed by atoms with Gasteiger partial charge in [-0.3, -0.25) is 4.79 Å². The first-order chi connectivity index (χ1) is 14.2. The quantitative estimate of drug-likeness (QED) is 0.597. The number of rotatable bonds is 2. The van der Waals surface area contributed by atoms with E-state index in [1.165, 1.54) is 0 Å². The molecule has 0 N–H and O–H groups in total. The lowest BCUT2D eigenvalue weighted by Crippen LogP contribution is -2.47. The topological polar surface area (TPSA) is 67.9 Å². The number of carbonyl (C=O) groups excluding carboxylic acids is 1. The van der Waals surface area contributed by atoms with Crippen LogP contribution in [0, 0.1) is 33.5 Å². The fourth-order valence-corrected chi connectivity index (χ4v) is 4.99. The van der Waals surface area contributed by atoms with Crippen LogP contribution in [0.2, 0.25) is 0 Å². The lowest BCUT2D eigenvalue weighted by Gasteiger charge is -2.37. The first-order valence-corrected chi connectivity index (χ1v) is 10.7. The van der Waals surface area contributed by atoms with E-state index >= 15 is 0 Å². The maximum atomic E-state index is 13.8. The van der Waals surface area contributed by atoms with E-state index in [1.54, 1.807) is 0 Å². The summed E-state index contributed by atoms with van der Waals surface area (Å²) in [5, 5.41) is 20.7. The molecular weight excluding hydrogens is 438 g/mol. The molecule has 2 aliphatic heterocycles. The molecule has 0 bridgehead atoms. The number of hydrogen-bond acceptors (Lipinski definition) is 4. The van der Waals surface area contributed by atoms with Gasteiger partial charge in [0.25, 0.3) is 0 Å². The van der Waals surface area contributed by atoms with Crippen molar-refractivity contribution in [1.29, 1.82) is 10.5 Å². The summed E-state index contributed by atoms with van der Waals surface area (Å²) in [6.45, 7) is 5.69. The average molecular weight is 460 g/mol. The Morgan fingerprint density at radius 2 is 1.70 bits per heavy atom. The Morgan fingerprint density at radius 3 is 2.30 bits per heavy atom. The van der Waals surface area contributed by atoms with Crippen molar-refractivity contribution in [2.24, 2.45) is 10.8 Å². The van der Waals surface area contributed by atoms with E-state index < -0.39 is 28.8 Å². The standard InChI is InChI=1S/C25H22BrN3O/c1-24(2,3)23(30)22-21(17-8-11-18(26)12-9-17)25(14-27,15-28)20-13-10-16-6-4-5-7-19(16)29(20)22/h4-13,20-22H,1-3H3/t20-,21+,22+/m1/s1. The summed E-state index contributed by atoms with van der Waals surface area (Å²) in [6, 6.07) is 19.0. The van der Waals surface area contributed by atoms with Crippen LogP contribution >= 0.6 is 15.9 Å². The van der Waals surface area contributed by atoms with Gasteiger partial charge in [0.05, 0.1) is 24.2 Å². The number of para-hydroxylation sites is 1. The van der Waals surface area contributed by atoms with Crippen LogP contribution in [-0.2, 0) is 4.79 Å². The smallest absolute Gasteiger partial charge is 0.176 e. The molecule has 0 saturated carbocycles. The van der Waals surface area contributed by atoms with Gasteiger partial charge in [-0.05, 0) is 29.3 Å². The van der Waals surface area contributed by atoms with Crippen LogP contribution in [0.25, 0.3) is 6.08 Å². The van der Waals surface area contributed by atoms with Gasteiger partial charge in [0, 0.05) is 21.5 Å². The Morgan fingerprint density at radius 1 is 1.07 bits per heavy atom. The van der Waals surface area contributed by atoms with Crippen LogP contribution in [0.5, 0.6) is 0 Å². The third kappa shape index (κ3) is 2.89. The second-order valence-corrected chi connectivity index (χ2v) is 9.87. The average Bonchev–Trinajstić information content (AvgIpc) is 3.04. The highest BCUT2D eigenvalue weighted by atomic mass is 79.9. The van der Waals surface area contributed by atoms with E-state index in [0.717, 1.165) is 21.3 Å². The Balaban J connectivity index is 2.02. The van der Waals surface area contributed by atoms with Crippen LogP contribution in [0.1, 0.15) is 37.8 Å². The van der Waals surface area contributed by atoms with Crippen molar-refractivity contribution in [2.45, 2.75) is 38.8 Å². The molecule has 2 aliphatic rings. The second kappa shape index (κ2) is 7.11. The van der Waals surface area contributed by atoms with Crippen molar-refractivity contribution in [2.75, 3.05) is 4.90 Å². The highest BCUT2D eigenvalue weighted by Crippen LogP contribution is 2.56. The zero-order valence-electron chi connectivity index (χ0n) is 17.1. The van der Waals surface area contributed by atoms with Gasteiger partial charge in [-0.25, -0.2) is 0 Å². The number of Topliss-reactive ketones (excluding diaryl/α,β-unsaturated/α-hetero) is 1. The predicted molar refractivity (Wildman–Crippen MR) is 121 cm³/mol. The van der Waals surface area contributed by atoms with Crippen LogP contribution in [-0.4, -0.2) is 17.9 Å². The van der Waals surface area contributed by atoms with Gasteiger partial charge in [0.15, 0.2) is 11.2 Å². The van der Waals surface area contributed by atoms with Gasteiger partial charge in [0.1, 0.15) is 0 Å². The molecule has 0 aromatic heterocycles. The molecule has 5 heteroatoms. The molecule has 2 aromatic carbocycles. The molecule has 0 spiro atoms. The normalized spacial score (nSPS) is 23.8. The van der Waals surface area contributed by atoms with E-state index in [1.807, 2.05) is 86.4 Å². The first-order valence-electron chi connectivity index (χ1n) is 9.92. The molecule has 4 rings (SSSR count). The highest BCUT2D eigenvalue weighted by molar-refractivity contribution is 9.10. The number of carbonyl (C=O) groups is 1. The van der Waals surface area contributed by atoms with Crippen molar-refractivity contribution in [3.63, 3.8) is 0 Å². The Hall–Kier alpha value is -2.89. The summed E-state index contributed by atoms with van der Waals surface area (Å²) in [6.07, 6.45) is 3.87. The molecule has 1 fully saturated rings. The van der Waals surface area contributed by atoms with E-state index in [0.29, 0.717) is 0 Å². The molecule has 150 valence electrons. The number of fused-ring (bicyclic) bond motifs is 3. The fraction of sp³-hybridized carbons (Fsp3) is 0.320. The molecule has 2 aromatic rings. The van der Waals surface area contributed by atoms with Gasteiger partial charge in [-0.1, -0.05) is 79.2 Å². The molecular formula is C25H22BrN3O. The molecule has 0 aliphatic carbocycles. The number of ketones is 1. The van der Waals surface area contributed by atoms with Gasteiger partial charge in [0.2, 0.25) is 0 Å². The lowest BCUT2D eigenvalue weighted by molar-refractivity contribution is -0.127. The molecule has 0 amide bonds. The predicted octanol–water partition coefficient (Wildman–Crippen LogP) is 5.47.